The third kappa shape index (κ3) is 0.871. The van der Waals surface area contributed by atoms with Gasteiger partial charge in [0.25, 0.3) is 0 Å². The van der Waals surface area contributed by atoms with Crippen molar-refractivity contribution in [2.45, 2.75) is 43.7 Å². The summed E-state index contributed by atoms with van der Waals surface area (Å²) in [5, 5.41) is 0. The number of hydrogen-bond donors (Lipinski definition) is 0. The summed E-state index contributed by atoms with van der Waals surface area (Å²) in [6.45, 7) is 3.96. The molecule has 11 heavy (non-hydrogen) atoms. The summed E-state index contributed by atoms with van der Waals surface area (Å²) < 4.78 is 0. The first kappa shape index (κ1) is 7.35. The predicted molar refractivity (Wildman–Crippen MR) is 47.6 cm³/mol. The van der Waals surface area contributed by atoms with E-state index in [1.807, 2.05) is 0 Å². The fourth-order valence-electron chi connectivity index (χ4n) is 2.78. The summed E-state index contributed by atoms with van der Waals surface area (Å²) in [6.07, 6.45) is 9.06. The van der Waals surface area contributed by atoms with E-state index in [-0.39, 0.29) is 0 Å². The molecule has 1 nitrogen and oxygen atoms in total. The van der Waals surface area contributed by atoms with Gasteiger partial charge < -0.3 is 0 Å². The predicted octanol–water partition coefficient (Wildman–Crippen LogP) is 2.19. The molecule has 2 bridgehead atoms. The molecule has 1 heteroatoms. The molecule has 2 aliphatic heterocycles. The van der Waals surface area contributed by atoms with E-state index in [2.05, 4.69) is 24.6 Å². The minimum atomic E-state index is 0.392. The lowest BCUT2D eigenvalue weighted by Crippen LogP contribution is -2.46. The van der Waals surface area contributed by atoms with Gasteiger partial charge in [0.2, 0.25) is 0 Å². The first-order valence-electron chi connectivity index (χ1n) is 4.65. The molecule has 0 aromatic carbocycles. The summed E-state index contributed by atoms with van der Waals surface area (Å²) in [4.78, 5) is 2.55. The molecule has 2 unspecified atom stereocenters. The molecular formula is C10H17N. The second-order valence-corrected chi connectivity index (χ2v) is 4.00. The quantitative estimate of drug-likeness (QED) is 0.519. The van der Waals surface area contributed by atoms with Crippen LogP contribution in [0.25, 0.3) is 0 Å². The summed E-state index contributed by atoms with van der Waals surface area (Å²) >= 11 is 0. The smallest absolute Gasteiger partial charge is 0.0389 e. The molecule has 2 rings (SSSR count). The molecule has 0 aromatic heterocycles. The summed E-state index contributed by atoms with van der Waals surface area (Å²) in [7, 11) is 2.26. The molecule has 2 fully saturated rings. The van der Waals surface area contributed by atoms with Crippen molar-refractivity contribution in [3.05, 3.63) is 12.7 Å². The SMILES string of the molecule is C=CC12CCCC(CC1)N2C. The van der Waals surface area contributed by atoms with Gasteiger partial charge in [-0.3, -0.25) is 4.90 Å². The minimum Gasteiger partial charge on any atom is -0.294 e. The van der Waals surface area contributed by atoms with Crippen LogP contribution in [0.4, 0.5) is 0 Å². The van der Waals surface area contributed by atoms with Crippen molar-refractivity contribution in [3.8, 4) is 0 Å². The minimum absolute atomic E-state index is 0.392. The maximum absolute atomic E-state index is 3.96. The van der Waals surface area contributed by atoms with Gasteiger partial charge in [0.15, 0.2) is 0 Å². The van der Waals surface area contributed by atoms with Gasteiger partial charge in [-0.2, -0.15) is 0 Å². The lowest BCUT2D eigenvalue weighted by molar-refractivity contribution is 0.122. The number of rotatable bonds is 1. The zero-order valence-electron chi connectivity index (χ0n) is 7.34. The Morgan fingerprint density at radius 1 is 1.45 bits per heavy atom. The van der Waals surface area contributed by atoms with Crippen LogP contribution >= 0.6 is 0 Å². The van der Waals surface area contributed by atoms with E-state index < -0.39 is 0 Å². The van der Waals surface area contributed by atoms with Gasteiger partial charge >= 0.3 is 0 Å². The topological polar surface area (TPSA) is 3.24 Å². The summed E-state index contributed by atoms with van der Waals surface area (Å²) in [5.74, 6) is 0. The van der Waals surface area contributed by atoms with Crippen molar-refractivity contribution in [3.63, 3.8) is 0 Å². The summed E-state index contributed by atoms with van der Waals surface area (Å²) in [6, 6.07) is 0.863. The molecule has 0 radical (unpaired) electrons. The number of piperidine rings is 1. The number of fused-ring (bicyclic) bond motifs is 2. The highest BCUT2D eigenvalue weighted by molar-refractivity contribution is 5.11. The molecule has 0 N–H and O–H groups in total. The van der Waals surface area contributed by atoms with Crippen LogP contribution in [-0.2, 0) is 0 Å². The maximum Gasteiger partial charge on any atom is 0.0389 e. The molecule has 0 aromatic rings. The van der Waals surface area contributed by atoms with Gasteiger partial charge in [-0.1, -0.05) is 6.08 Å². The monoisotopic (exact) mass is 151 g/mol. The van der Waals surface area contributed by atoms with Crippen LogP contribution in [0, 0.1) is 0 Å². The second kappa shape index (κ2) is 2.34. The van der Waals surface area contributed by atoms with Crippen molar-refractivity contribution in [1.82, 2.24) is 4.90 Å². The Morgan fingerprint density at radius 3 is 2.91 bits per heavy atom. The van der Waals surface area contributed by atoms with E-state index in [1.165, 1.54) is 32.1 Å². The van der Waals surface area contributed by atoms with Crippen LogP contribution in [0.2, 0.25) is 0 Å². The zero-order chi connectivity index (χ0) is 7.90. The molecule has 2 heterocycles. The van der Waals surface area contributed by atoms with Gasteiger partial charge in [0, 0.05) is 11.6 Å². The zero-order valence-corrected chi connectivity index (χ0v) is 7.34. The molecule has 2 saturated heterocycles. The Labute approximate surface area is 69.1 Å². The summed E-state index contributed by atoms with van der Waals surface area (Å²) in [5.41, 5.74) is 0.392. The molecule has 0 spiro atoms. The van der Waals surface area contributed by atoms with Crippen molar-refractivity contribution in [1.29, 1.82) is 0 Å². The lowest BCUT2D eigenvalue weighted by Gasteiger charge is -2.40. The van der Waals surface area contributed by atoms with Crippen LogP contribution < -0.4 is 0 Å². The largest absolute Gasteiger partial charge is 0.294 e. The normalized spacial score (nSPS) is 44.3. The Morgan fingerprint density at radius 2 is 2.27 bits per heavy atom. The maximum atomic E-state index is 3.96. The van der Waals surface area contributed by atoms with Crippen molar-refractivity contribution in [2.75, 3.05) is 7.05 Å². The molecule has 2 atom stereocenters. The fourth-order valence-corrected chi connectivity index (χ4v) is 2.78. The third-order valence-electron chi connectivity index (χ3n) is 3.69. The van der Waals surface area contributed by atoms with Gasteiger partial charge in [0.1, 0.15) is 0 Å². The number of likely N-dealkylation sites (N-methyl/N-ethyl adjacent to an activating group) is 1. The van der Waals surface area contributed by atoms with Crippen molar-refractivity contribution in [2.24, 2.45) is 0 Å². The Balaban J connectivity index is 2.26. The third-order valence-corrected chi connectivity index (χ3v) is 3.69. The van der Waals surface area contributed by atoms with E-state index in [4.69, 9.17) is 0 Å². The Hall–Kier alpha value is -0.300. The molecule has 2 aliphatic rings. The van der Waals surface area contributed by atoms with E-state index in [9.17, 15) is 0 Å². The lowest BCUT2D eigenvalue weighted by atomic mass is 9.89. The molecule has 0 amide bonds. The van der Waals surface area contributed by atoms with Crippen molar-refractivity contribution >= 4 is 0 Å². The first-order valence-corrected chi connectivity index (χ1v) is 4.65. The van der Waals surface area contributed by atoms with E-state index in [1.54, 1.807) is 0 Å². The van der Waals surface area contributed by atoms with Crippen LogP contribution in [0.15, 0.2) is 12.7 Å². The van der Waals surface area contributed by atoms with Crippen molar-refractivity contribution < 1.29 is 0 Å². The first-order chi connectivity index (χ1) is 5.28. The van der Waals surface area contributed by atoms with E-state index in [0.717, 1.165) is 6.04 Å². The van der Waals surface area contributed by atoms with Gasteiger partial charge in [-0.05, 0) is 39.2 Å². The molecule has 0 saturated carbocycles. The molecule has 62 valence electrons. The van der Waals surface area contributed by atoms with E-state index in [0.29, 0.717) is 5.54 Å². The Kier molecular flexibility index (Phi) is 1.57. The number of hydrogen-bond acceptors (Lipinski definition) is 1. The Bertz CT molecular complexity index is 172. The van der Waals surface area contributed by atoms with Crippen LogP contribution in [0.3, 0.4) is 0 Å². The highest BCUT2D eigenvalue weighted by Crippen LogP contribution is 2.43. The molecule has 0 aliphatic carbocycles. The second-order valence-electron chi connectivity index (χ2n) is 4.00. The standard InChI is InChI=1S/C10H17N/c1-3-10-7-4-5-9(6-8-10)11(10)2/h3,9H,1,4-8H2,2H3. The van der Waals surface area contributed by atoms with Crippen LogP contribution in [0.5, 0.6) is 0 Å². The van der Waals surface area contributed by atoms with Gasteiger partial charge in [-0.25, -0.2) is 0 Å². The highest BCUT2D eigenvalue weighted by atomic mass is 15.2. The average Bonchev–Trinajstić information content (AvgIpc) is 2.25. The number of nitrogens with zero attached hydrogens (tertiary/aromatic N) is 1. The molecular weight excluding hydrogens is 134 g/mol. The van der Waals surface area contributed by atoms with Gasteiger partial charge in [0.05, 0.1) is 0 Å². The van der Waals surface area contributed by atoms with E-state index >= 15 is 0 Å². The average molecular weight is 151 g/mol. The van der Waals surface area contributed by atoms with Crippen LogP contribution in [-0.4, -0.2) is 23.5 Å². The van der Waals surface area contributed by atoms with Gasteiger partial charge in [-0.15, -0.1) is 6.58 Å². The highest BCUT2D eigenvalue weighted by Gasteiger charge is 2.44. The fraction of sp³-hybridized carbons (Fsp3) is 0.800. The van der Waals surface area contributed by atoms with Crippen LogP contribution in [0.1, 0.15) is 32.1 Å².